The van der Waals surface area contributed by atoms with Crippen LogP contribution in [0.5, 0.6) is 0 Å². The largest absolute Gasteiger partial charge is 0.356 e. The third-order valence-corrected chi connectivity index (χ3v) is 4.99. The molecule has 0 spiro atoms. The van der Waals surface area contributed by atoms with Crippen molar-refractivity contribution in [1.82, 2.24) is 19.8 Å². The van der Waals surface area contributed by atoms with Crippen molar-refractivity contribution >= 4 is 22.9 Å². The topological polar surface area (TPSA) is 53.4 Å². The second kappa shape index (κ2) is 7.87. The van der Waals surface area contributed by atoms with Crippen molar-refractivity contribution in [2.24, 2.45) is 13.0 Å². The quantitative estimate of drug-likeness (QED) is 0.814. The summed E-state index contributed by atoms with van der Waals surface area (Å²) in [5, 5.41) is 3.09. The van der Waals surface area contributed by atoms with Gasteiger partial charge in [-0.15, -0.1) is 0 Å². The van der Waals surface area contributed by atoms with Gasteiger partial charge in [0.2, 0.25) is 11.9 Å². The molecule has 1 aromatic carbocycles. The molecule has 0 aliphatic carbocycles. The summed E-state index contributed by atoms with van der Waals surface area (Å²) >= 11 is 0. The summed E-state index contributed by atoms with van der Waals surface area (Å²) in [6.45, 7) is 3.54. The van der Waals surface area contributed by atoms with Crippen LogP contribution in [-0.2, 0) is 11.8 Å². The molecule has 0 radical (unpaired) electrons. The minimum Gasteiger partial charge on any atom is -0.356 e. The highest BCUT2D eigenvalue weighted by atomic mass is 16.1. The number of aryl methyl sites for hydroxylation is 1. The second-order valence-electron chi connectivity index (χ2n) is 7.17. The van der Waals surface area contributed by atoms with E-state index in [1.165, 1.54) is 0 Å². The van der Waals surface area contributed by atoms with Crippen molar-refractivity contribution in [3.8, 4) is 0 Å². The Kier molecular flexibility index (Phi) is 5.58. The van der Waals surface area contributed by atoms with Crippen molar-refractivity contribution in [2.75, 3.05) is 45.2 Å². The van der Waals surface area contributed by atoms with Crippen molar-refractivity contribution in [1.29, 1.82) is 0 Å². The van der Waals surface area contributed by atoms with E-state index in [-0.39, 0.29) is 11.8 Å². The standard InChI is InChI=1S/C19H29N5O/c1-22(2)12-6-11-20-18(25)15-9-13-24(14-10-15)19-21-16-7-4-5-8-17(16)23(19)3/h4-5,7-8,15H,6,9-14H2,1-3H3,(H,20,25). The first-order chi connectivity index (χ1) is 12.1. The Morgan fingerprint density at radius 2 is 2.00 bits per heavy atom. The van der Waals surface area contributed by atoms with Gasteiger partial charge in [0.1, 0.15) is 0 Å². The van der Waals surface area contributed by atoms with Gasteiger partial charge in [-0.05, 0) is 52.0 Å². The van der Waals surface area contributed by atoms with E-state index >= 15 is 0 Å². The van der Waals surface area contributed by atoms with Crippen molar-refractivity contribution < 1.29 is 4.79 Å². The lowest BCUT2D eigenvalue weighted by Gasteiger charge is -2.32. The number of carbonyl (C=O) groups is 1. The number of nitrogens with zero attached hydrogens (tertiary/aromatic N) is 4. The van der Waals surface area contributed by atoms with E-state index in [9.17, 15) is 4.79 Å². The molecule has 1 aliphatic heterocycles. The number of aromatic nitrogens is 2. The zero-order valence-corrected chi connectivity index (χ0v) is 15.5. The van der Waals surface area contributed by atoms with E-state index in [1.54, 1.807) is 0 Å². The normalized spacial score (nSPS) is 15.9. The molecule has 2 heterocycles. The Hall–Kier alpha value is -2.08. The van der Waals surface area contributed by atoms with Gasteiger partial charge in [-0.3, -0.25) is 4.79 Å². The molecule has 6 nitrogen and oxygen atoms in total. The summed E-state index contributed by atoms with van der Waals surface area (Å²) in [7, 11) is 6.17. The fourth-order valence-electron chi connectivity index (χ4n) is 3.51. The van der Waals surface area contributed by atoms with E-state index in [0.717, 1.165) is 62.4 Å². The fraction of sp³-hybridized carbons (Fsp3) is 0.579. The molecule has 1 aliphatic rings. The highest BCUT2D eigenvalue weighted by Gasteiger charge is 2.26. The molecule has 0 atom stereocenters. The van der Waals surface area contributed by atoms with E-state index in [2.05, 4.69) is 46.9 Å². The molecule has 6 heteroatoms. The molecular formula is C19H29N5O. The van der Waals surface area contributed by atoms with Crippen LogP contribution in [0.4, 0.5) is 5.95 Å². The number of imidazole rings is 1. The molecule has 136 valence electrons. The van der Waals surface area contributed by atoms with Crippen LogP contribution in [0.2, 0.25) is 0 Å². The number of hydrogen-bond acceptors (Lipinski definition) is 4. The lowest BCUT2D eigenvalue weighted by molar-refractivity contribution is -0.125. The van der Waals surface area contributed by atoms with Gasteiger partial charge in [0, 0.05) is 32.6 Å². The molecule has 1 aromatic heterocycles. The molecule has 0 saturated carbocycles. The summed E-state index contributed by atoms with van der Waals surface area (Å²) in [6.07, 6.45) is 2.78. The molecule has 1 saturated heterocycles. The predicted octanol–water partition coefficient (Wildman–Crippen LogP) is 1.86. The Morgan fingerprint density at radius 1 is 1.28 bits per heavy atom. The number of fused-ring (bicyclic) bond motifs is 1. The Labute approximate surface area is 149 Å². The average Bonchev–Trinajstić information content (AvgIpc) is 2.96. The average molecular weight is 343 g/mol. The van der Waals surface area contributed by atoms with E-state index in [0.29, 0.717) is 0 Å². The van der Waals surface area contributed by atoms with Crippen molar-refractivity contribution in [3.05, 3.63) is 24.3 Å². The number of nitrogens with one attached hydrogen (secondary N) is 1. The number of piperidine rings is 1. The molecule has 0 bridgehead atoms. The monoisotopic (exact) mass is 343 g/mol. The lowest BCUT2D eigenvalue weighted by atomic mass is 9.96. The van der Waals surface area contributed by atoms with Crippen LogP contribution in [0.3, 0.4) is 0 Å². The maximum absolute atomic E-state index is 12.3. The number of rotatable bonds is 6. The molecule has 1 N–H and O–H groups in total. The van der Waals surface area contributed by atoms with Gasteiger partial charge in [0.15, 0.2) is 0 Å². The molecule has 3 rings (SSSR count). The van der Waals surface area contributed by atoms with E-state index in [1.807, 2.05) is 18.2 Å². The van der Waals surface area contributed by atoms with Crippen molar-refractivity contribution in [3.63, 3.8) is 0 Å². The van der Waals surface area contributed by atoms with Crippen LogP contribution < -0.4 is 10.2 Å². The first kappa shape index (κ1) is 17.7. The number of para-hydroxylation sites is 2. The minimum atomic E-state index is 0.130. The molecule has 25 heavy (non-hydrogen) atoms. The zero-order valence-electron chi connectivity index (χ0n) is 15.5. The summed E-state index contributed by atoms with van der Waals surface area (Å²) in [5.41, 5.74) is 2.18. The number of carbonyl (C=O) groups excluding carboxylic acids is 1. The highest BCUT2D eigenvalue weighted by Crippen LogP contribution is 2.25. The predicted molar refractivity (Wildman–Crippen MR) is 102 cm³/mol. The van der Waals surface area contributed by atoms with Gasteiger partial charge in [0.25, 0.3) is 0 Å². The van der Waals surface area contributed by atoms with E-state index < -0.39 is 0 Å². The zero-order chi connectivity index (χ0) is 17.8. The number of anilines is 1. The number of hydrogen-bond donors (Lipinski definition) is 1. The maximum atomic E-state index is 12.3. The maximum Gasteiger partial charge on any atom is 0.223 e. The molecule has 0 unspecified atom stereocenters. The highest BCUT2D eigenvalue weighted by molar-refractivity contribution is 5.80. The van der Waals surface area contributed by atoms with Crippen LogP contribution in [-0.4, -0.2) is 60.6 Å². The molecule has 1 fully saturated rings. The third-order valence-electron chi connectivity index (χ3n) is 4.99. The van der Waals surface area contributed by atoms with Crippen LogP contribution in [0.25, 0.3) is 11.0 Å². The molecule has 1 amide bonds. The second-order valence-corrected chi connectivity index (χ2v) is 7.17. The minimum absolute atomic E-state index is 0.130. The Morgan fingerprint density at radius 3 is 2.68 bits per heavy atom. The first-order valence-electron chi connectivity index (χ1n) is 9.15. The van der Waals surface area contributed by atoms with Gasteiger partial charge < -0.3 is 19.7 Å². The van der Waals surface area contributed by atoms with Crippen LogP contribution >= 0.6 is 0 Å². The number of amides is 1. The van der Waals surface area contributed by atoms with Gasteiger partial charge in [0.05, 0.1) is 11.0 Å². The van der Waals surface area contributed by atoms with Gasteiger partial charge in [-0.25, -0.2) is 4.98 Å². The Bertz CT molecular complexity index is 716. The SMILES string of the molecule is CN(C)CCCNC(=O)C1CCN(c2nc3ccccc3n2C)CC1. The lowest BCUT2D eigenvalue weighted by Crippen LogP contribution is -2.41. The summed E-state index contributed by atoms with van der Waals surface area (Å²) < 4.78 is 2.15. The smallest absolute Gasteiger partial charge is 0.223 e. The van der Waals surface area contributed by atoms with Gasteiger partial charge in [-0.2, -0.15) is 0 Å². The van der Waals surface area contributed by atoms with Crippen LogP contribution in [0.15, 0.2) is 24.3 Å². The summed E-state index contributed by atoms with van der Waals surface area (Å²) in [4.78, 5) is 21.5. The fourth-order valence-corrected chi connectivity index (χ4v) is 3.51. The first-order valence-corrected chi connectivity index (χ1v) is 9.15. The summed E-state index contributed by atoms with van der Waals surface area (Å²) in [6, 6.07) is 8.21. The number of benzene rings is 1. The third kappa shape index (κ3) is 4.12. The van der Waals surface area contributed by atoms with E-state index in [4.69, 9.17) is 4.98 Å². The van der Waals surface area contributed by atoms with Gasteiger partial charge in [-0.1, -0.05) is 12.1 Å². The molecular weight excluding hydrogens is 314 g/mol. The summed E-state index contributed by atoms with van der Waals surface area (Å²) in [5.74, 6) is 1.35. The van der Waals surface area contributed by atoms with Crippen LogP contribution in [0, 0.1) is 5.92 Å². The van der Waals surface area contributed by atoms with Crippen molar-refractivity contribution in [2.45, 2.75) is 19.3 Å². The van der Waals surface area contributed by atoms with Crippen LogP contribution in [0.1, 0.15) is 19.3 Å². The molecule has 2 aromatic rings. The van der Waals surface area contributed by atoms with Gasteiger partial charge >= 0.3 is 0 Å². The Balaban J connectivity index is 1.53.